The molecule has 0 aromatic heterocycles. The van der Waals surface area contributed by atoms with Gasteiger partial charge in [0.1, 0.15) is 0 Å². The third kappa shape index (κ3) is 3.23. The van der Waals surface area contributed by atoms with E-state index in [1.54, 1.807) is 20.8 Å². The second-order valence-electron chi connectivity index (χ2n) is 5.45. The Kier molecular flexibility index (Phi) is 4.36. The van der Waals surface area contributed by atoms with Gasteiger partial charge in [-0.2, -0.15) is 13.2 Å². The molecule has 1 aromatic carbocycles. The smallest absolute Gasteiger partial charge is 0.416 e. The van der Waals surface area contributed by atoms with Gasteiger partial charge in [0.2, 0.25) is 0 Å². The van der Waals surface area contributed by atoms with Gasteiger partial charge in [0.05, 0.1) is 11.5 Å². The Morgan fingerprint density at radius 1 is 1.35 bits per heavy atom. The molecule has 0 bridgehead atoms. The number of halogens is 3. The van der Waals surface area contributed by atoms with Crippen molar-refractivity contribution in [1.29, 1.82) is 0 Å². The van der Waals surface area contributed by atoms with Crippen LogP contribution in [0.15, 0.2) is 18.2 Å². The summed E-state index contributed by atoms with van der Waals surface area (Å²) < 4.78 is 38.3. The molecule has 0 aliphatic carbocycles. The van der Waals surface area contributed by atoms with E-state index in [9.17, 15) is 23.1 Å². The summed E-state index contributed by atoms with van der Waals surface area (Å²) in [5.74, 6) is -2.27. The first-order chi connectivity index (χ1) is 9.00. The fourth-order valence-electron chi connectivity index (χ4n) is 2.09. The first kappa shape index (κ1) is 16.3. The Morgan fingerprint density at radius 2 is 1.90 bits per heavy atom. The summed E-state index contributed by atoms with van der Waals surface area (Å²) in [6.45, 7) is 5.19. The molecule has 0 saturated heterocycles. The molecule has 0 saturated carbocycles. The van der Waals surface area contributed by atoms with Gasteiger partial charge in [0.25, 0.3) is 0 Å². The summed E-state index contributed by atoms with van der Waals surface area (Å²) >= 11 is 0. The fraction of sp³-hybridized carbons (Fsp3) is 0.500. The van der Waals surface area contributed by atoms with E-state index in [2.05, 4.69) is 0 Å². The highest BCUT2D eigenvalue weighted by Gasteiger charge is 2.38. The van der Waals surface area contributed by atoms with Crippen LogP contribution in [0, 0.1) is 5.41 Å². The van der Waals surface area contributed by atoms with Crippen molar-refractivity contribution in [3.8, 4) is 0 Å². The lowest BCUT2D eigenvalue weighted by atomic mass is 9.72. The Labute approximate surface area is 115 Å². The predicted octanol–water partition coefficient (Wildman–Crippen LogP) is 3.89. The maximum absolute atomic E-state index is 12.8. The number of nitrogens with two attached hydrogens (primary N) is 1. The van der Waals surface area contributed by atoms with Crippen molar-refractivity contribution in [2.75, 3.05) is 5.73 Å². The number of carboxylic acid groups (broad SMARTS) is 1. The Bertz CT molecular complexity index is 510. The summed E-state index contributed by atoms with van der Waals surface area (Å²) in [6.07, 6.45) is -4.03. The van der Waals surface area contributed by atoms with Crippen molar-refractivity contribution in [2.24, 2.45) is 5.41 Å². The Hall–Kier alpha value is -1.72. The molecule has 0 heterocycles. The van der Waals surface area contributed by atoms with Crippen LogP contribution >= 0.6 is 0 Å². The van der Waals surface area contributed by atoms with Crippen molar-refractivity contribution < 1.29 is 23.1 Å². The van der Waals surface area contributed by atoms with Gasteiger partial charge in [-0.25, -0.2) is 0 Å². The van der Waals surface area contributed by atoms with Crippen LogP contribution in [0.25, 0.3) is 0 Å². The zero-order valence-corrected chi connectivity index (χ0v) is 11.6. The molecule has 0 aliphatic rings. The fourth-order valence-corrected chi connectivity index (χ4v) is 2.09. The van der Waals surface area contributed by atoms with Gasteiger partial charge in [-0.3, -0.25) is 4.79 Å². The van der Waals surface area contributed by atoms with Crippen LogP contribution in [-0.4, -0.2) is 11.1 Å². The average molecular weight is 289 g/mol. The molecule has 0 spiro atoms. The first-order valence-electron chi connectivity index (χ1n) is 6.20. The Morgan fingerprint density at radius 3 is 2.30 bits per heavy atom. The molecule has 1 atom stereocenters. The number of benzene rings is 1. The third-order valence-electron chi connectivity index (χ3n) is 3.66. The molecule has 20 heavy (non-hydrogen) atoms. The van der Waals surface area contributed by atoms with Gasteiger partial charge >= 0.3 is 12.1 Å². The summed E-state index contributed by atoms with van der Waals surface area (Å²) in [7, 11) is 0. The molecule has 1 unspecified atom stereocenters. The summed E-state index contributed by atoms with van der Waals surface area (Å²) in [6, 6.07) is 2.81. The molecule has 1 rings (SSSR count). The van der Waals surface area contributed by atoms with Crippen LogP contribution < -0.4 is 5.73 Å². The van der Waals surface area contributed by atoms with Crippen molar-refractivity contribution in [3.05, 3.63) is 29.3 Å². The van der Waals surface area contributed by atoms with E-state index in [0.29, 0.717) is 6.42 Å². The molecule has 0 amide bonds. The zero-order chi connectivity index (χ0) is 15.7. The average Bonchev–Trinajstić information content (AvgIpc) is 2.29. The third-order valence-corrected chi connectivity index (χ3v) is 3.66. The summed E-state index contributed by atoms with van der Waals surface area (Å²) in [5.41, 5.74) is 4.17. The minimum atomic E-state index is -4.53. The first-order valence-corrected chi connectivity index (χ1v) is 6.20. The monoisotopic (exact) mass is 289 g/mol. The van der Waals surface area contributed by atoms with Gasteiger partial charge in [-0.05, 0) is 35.6 Å². The molecular weight excluding hydrogens is 271 g/mol. The van der Waals surface area contributed by atoms with Crippen LogP contribution in [-0.2, 0) is 11.0 Å². The summed E-state index contributed by atoms with van der Waals surface area (Å²) in [4.78, 5) is 11.5. The van der Waals surface area contributed by atoms with Crippen molar-refractivity contribution in [1.82, 2.24) is 0 Å². The number of carbonyl (C=O) groups is 1. The molecule has 0 radical (unpaired) electrons. The van der Waals surface area contributed by atoms with E-state index in [1.165, 1.54) is 0 Å². The maximum atomic E-state index is 12.8. The van der Waals surface area contributed by atoms with Crippen LogP contribution in [0.4, 0.5) is 18.9 Å². The molecule has 1 aromatic rings. The molecule has 3 N–H and O–H groups in total. The topological polar surface area (TPSA) is 63.3 Å². The minimum Gasteiger partial charge on any atom is -0.481 e. The van der Waals surface area contributed by atoms with Crippen LogP contribution in [0.3, 0.4) is 0 Å². The highest BCUT2D eigenvalue weighted by molar-refractivity contribution is 5.79. The number of rotatable bonds is 4. The highest BCUT2D eigenvalue weighted by atomic mass is 19.4. The van der Waals surface area contributed by atoms with E-state index < -0.39 is 29.0 Å². The molecule has 0 aliphatic heterocycles. The van der Waals surface area contributed by atoms with E-state index in [4.69, 9.17) is 5.73 Å². The van der Waals surface area contributed by atoms with E-state index >= 15 is 0 Å². The van der Waals surface area contributed by atoms with Crippen LogP contribution in [0.2, 0.25) is 0 Å². The molecule has 6 heteroatoms. The lowest BCUT2D eigenvalue weighted by molar-refractivity contribution is -0.142. The minimum absolute atomic E-state index is 0.0131. The van der Waals surface area contributed by atoms with Gasteiger partial charge in [0.15, 0.2) is 0 Å². The lowest BCUT2D eigenvalue weighted by Gasteiger charge is -2.31. The number of hydrogen-bond donors (Lipinski definition) is 2. The van der Waals surface area contributed by atoms with Crippen molar-refractivity contribution in [3.63, 3.8) is 0 Å². The van der Waals surface area contributed by atoms with Crippen molar-refractivity contribution in [2.45, 2.75) is 39.3 Å². The molecular formula is C14H18F3NO2. The van der Waals surface area contributed by atoms with E-state index in [0.717, 1.165) is 18.2 Å². The molecule has 0 fully saturated rings. The number of aliphatic carboxylic acids is 1. The van der Waals surface area contributed by atoms with Crippen LogP contribution in [0.1, 0.15) is 44.2 Å². The number of hydrogen-bond acceptors (Lipinski definition) is 2. The largest absolute Gasteiger partial charge is 0.481 e. The molecule has 3 nitrogen and oxygen atoms in total. The lowest BCUT2D eigenvalue weighted by Crippen LogP contribution is -2.29. The second kappa shape index (κ2) is 5.34. The zero-order valence-electron chi connectivity index (χ0n) is 11.6. The SMILES string of the molecule is CCC(C)(C)C(C(=O)O)c1cc(C(F)(F)F)ccc1N. The maximum Gasteiger partial charge on any atom is 0.416 e. The number of carboxylic acids is 1. The quantitative estimate of drug-likeness (QED) is 0.826. The normalized spacial score (nSPS) is 14.1. The van der Waals surface area contributed by atoms with E-state index in [-0.39, 0.29) is 11.3 Å². The van der Waals surface area contributed by atoms with Gasteiger partial charge in [-0.1, -0.05) is 20.8 Å². The number of nitrogen functional groups attached to an aromatic ring is 1. The number of anilines is 1. The van der Waals surface area contributed by atoms with Crippen molar-refractivity contribution >= 4 is 11.7 Å². The van der Waals surface area contributed by atoms with Crippen LogP contribution in [0.5, 0.6) is 0 Å². The second-order valence-corrected chi connectivity index (χ2v) is 5.45. The van der Waals surface area contributed by atoms with Gasteiger partial charge in [-0.15, -0.1) is 0 Å². The highest BCUT2D eigenvalue weighted by Crippen LogP contribution is 2.42. The predicted molar refractivity (Wildman–Crippen MR) is 70.3 cm³/mol. The van der Waals surface area contributed by atoms with E-state index in [1.807, 2.05) is 0 Å². The summed E-state index contributed by atoms with van der Waals surface area (Å²) in [5, 5.41) is 9.37. The van der Waals surface area contributed by atoms with Gasteiger partial charge in [0, 0.05) is 5.69 Å². The standard InChI is InChI=1S/C14H18F3NO2/c1-4-13(2,3)11(12(19)20)9-7-8(14(15,16)17)5-6-10(9)18/h5-7,11H,4,18H2,1-3H3,(H,19,20). The Balaban J connectivity index is 3.45. The molecule has 112 valence electrons. The number of alkyl halides is 3. The van der Waals surface area contributed by atoms with Gasteiger partial charge < -0.3 is 10.8 Å².